The van der Waals surface area contributed by atoms with Crippen LogP contribution in [0.5, 0.6) is 0 Å². The van der Waals surface area contributed by atoms with Crippen molar-refractivity contribution < 1.29 is 13.2 Å². The molecular weight excluding hydrogens is 372 g/mol. The lowest BCUT2D eigenvalue weighted by Crippen LogP contribution is -2.49. The SMILES string of the molecule is Cc1cc(C)cc(N([C@H](C)C(=O)N[C@H]2CCCc3ccccc32)S(C)(=O)=O)c1. The Labute approximate surface area is 167 Å². The van der Waals surface area contributed by atoms with Crippen molar-refractivity contribution in [2.75, 3.05) is 10.6 Å². The highest BCUT2D eigenvalue weighted by Gasteiger charge is 2.31. The first-order valence-corrected chi connectivity index (χ1v) is 11.5. The molecule has 0 aromatic heterocycles. The number of nitrogens with zero attached hydrogens (tertiary/aromatic N) is 1. The van der Waals surface area contributed by atoms with Gasteiger partial charge in [-0.2, -0.15) is 0 Å². The van der Waals surface area contributed by atoms with Crippen LogP contribution in [0.3, 0.4) is 0 Å². The summed E-state index contributed by atoms with van der Waals surface area (Å²) in [5.74, 6) is -0.286. The number of amides is 1. The molecule has 1 aliphatic carbocycles. The van der Waals surface area contributed by atoms with E-state index < -0.39 is 16.1 Å². The lowest BCUT2D eigenvalue weighted by molar-refractivity contribution is -0.122. The van der Waals surface area contributed by atoms with Crippen LogP contribution in [0.15, 0.2) is 42.5 Å². The van der Waals surface area contributed by atoms with Crippen molar-refractivity contribution in [2.45, 2.75) is 52.1 Å². The van der Waals surface area contributed by atoms with Crippen LogP contribution in [0.1, 0.15) is 48.1 Å². The van der Waals surface area contributed by atoms with E-state index in [4.69, 9.17) is 0 Å². The Bertz CT molecular complexity index is 965. The van der Waals surface area contributed by atoms with E-state index in [1.165, 1.54) is 9.87 Å². The number of fused-ring (bicyclic) bond motifs is 1. The number of nitrogens with one attached hydrogen (secondary N) is 1. The molecule has 0 spiro atoms. The molecule has 2 atom stereocenters. The molecule has 0 unspecified atom stereocenters. The number of hydrogen-bond donors (Lipinski definition) is 1. The van der Waals surface area contributed by atoms with Crippen LogP contribution < -0.4 is 9.62 Å². The maximum absolute atomic E-state index is 13.0. The summed E-state index contributed by atoms with van der Waals surface area (Å²) in [6.07, 6.45) is 4.02. The molecule has 150 valence electrons. The third-order valence-corrected chi connectivity index (χ3v) is 6.48. The molecule has 5 nitrogen and oxygen atoms in total. The van der Waals surface area contributed by atoms with Crippen LogP contribution in [0.25, 0.3) is 0 Å². The van der Waals surface area contributed by atoms with Crippen LogP contribution in [-0.4, -0.2) is 26.6 Å². The van der Waals surface area contributed by atoms with Crippen LogP contribution in [-0.2, 0) is 21.2 Å². The van der Waals surface area contributed by atoms with Gasteiger partial charge in [-0.05, 0) is 74.4 Å². The Hall–Kier alpha value is -2.34. The summed E-state index contributed by atoms with van der Waals surface area (Å²) in [7, 11) is -3.62. The number of anilines is 1. The van der Waals surface area contributed by atoms with Crippen molar-refractivity contribution in [2.24, 2.45) is 0 Å². The normalized spacial score (nSPS) is 17.5. The minimum absolute atomic E-state index is 0.0828. The van der Waals surface area contributed by atoms with Gasteiger partial charge in [0.05, 0.1) is 18.0 Å². The van der Waals surface area contributed by atoms with Gasteiger partial charge >= 0.3 is 0 Å². The van der Waals surface area contributed by atoms with Crippen molar-refractivity contribution in [3.63, 3.8) is 0 Å². The van der Waals surface area contributed by atoms with E-state index in [9.17, 15) is 13.2 Å². The third kappa shape index (κ3) is 4.38. The number of carbonyl (C=O) groups is 1. The first-order valence-electron chi connectivity index (χ1n) is 9.62. The summed E-state index contributed by atoms with van der Waals surface area (Å²) in [5.41, 5.74) is 4.81. The van der Waals surface area contributed by atoms with Crippen LogP contribution in [0, 0.1) is 13.8 Å². The first-order chi connectivity index (χ1) is 13.2. The summed E-state index contributed by atoms with van der Waals surface area (Å²) in [6, 6.07) is 12.8. The van der Waals surface area contributed by atoms with Gasteiger partial charge in [-0.1, -0.05) is 30.3 Å². The van der Waals surface area contributed by atoms with Gasteiger partial charge in [-0.3, -0.25) is 9.10 Å². The van der Waals surface area contributed by atoms with Crippen molar-refractivity contribution >= 4 is 21.6 Å². The molecule has 0 heterocycles. The molecule has 2 aromatic carbocycles. The van der Waals surface area contributed by atoms with E-state index in [0.717, 1.165) is 42.2 Å². The van der Waals surface area contributed by atoms with Crippen LogP contribution in [0.4, 0.5) is 5.69 Å². The molecule has 1 N–H and O–H groups in total. The molecule has 28 heavy (non-hydrogen) atoms. The van der Waals surface area contributed by atoms with Crippen molar-refractivity contribution in [3.8, 4) is 0 Å². The molecule has 0 saturated carbocycles. The quantitative estimate of drug-likeness (QED) is 0.833. The second-order valence-electron chi connectivity index (χ2n) is 7.73. The van der Waals surface area contributed by atoms with Crippen molar-refractivity contribution in [3.05, 3.63) is 64.7 Å². The van der Waals surface area contributed by atoms with Gasteiger partial charge in [-0.15, -0.1) is 0 Å². The molecule has 0 saturated heterocycles. The Morgan fingerprint density at radius 2 is 1.79 bits per heavy atom. The second kappa shape index (κ2) is 7.95. The smallest absolute Gasteiger partial charge is 0.244 e. The number of sulfonamides is 1. The average Bonchev–Trinajstić information content (AvgIpc) is 2.60. The number of carbonyl (C=O) groups excluding carboxylic acids is 1. The molecular formula is C22H28N2O3S. The standard InChI is InChI=1S/C22H28N2O3S/c1-15-12-16(2)14-19(13-15)24(28(4,26)27)17(3)22(25)23-21-11-7-9-18-8-5-6-10-20(18)21/h5-6,8,10,12-14,17,21H,7,9,11H2,1-4H3,(H,23,25)/t17-,21+/m1/s1. The maximum Gasteiger partial charge on any atom is 0.244 e. The van der Waals surface area contributed by atoms with Crippen molar-refractivity contribution in [1.29, 1.82) is 0 Å². The number of hydrogen-bond acceptors (Lipinski definition) is 3. The van der Waals surface area contributed by atoms with Gasteiger partial charge in [0.1, 0.15) is 6.04 Å². The Morgan fingerprint density at radius 1 is 1.14 bits per heavy atom. The predicted octanol–water partition coefficient (Wildman–Crippen LogP) is 3.65. The number of aryl methyl sites for hydroxylation is 3. The van der Waals surface area contributed by atoms with E-state index in [1.54, 1.807) is 19.1 Å². The largest absolute Gasteiger partial charge is 0.347 e. The van der Waals surface area contributed by atoms with E-state index in [0.29, 0.717) is 5.69 Å². The number of benzene rings is 2. The Morgan fingerprint density at radius 3 is 2.43 bits per heavy atom. The summed E-state index contributed by atoms with van der Waals surface area (Å²) < 4.78 is 26.3. The highest BCUT2D eigenvalue weighted by molar-refractivity contribution is 7.92. The van der Waals surface area contributed by atoms with Gasteiger partial charge in [0, 0.05) is 0 Å². The molecule has 0 fully saturated rings. The molecule has 0 radical (unpaired) electrons. The lowest BCUT2D eigenvalue weighted by Gasteiger charge is -2.32. The fraction of sp³-hybridized carbons (Fsp3) is 0.409. The van der Waals surface area contributed by atoms with Gasteiger partial charge in [0.15, 0.2) is 0 Å². The maximum atomic E-state index is 13.0. The van der Waals surface area contributed by atoms with E-state index in [1.807, 2.05) is 38.1 Å². The van der Waals surface area contributed by atoms with Gasteiger partial charge in [-0.25, -0.2) is 8.42 Å². The summed E-state index contributed by atoms with van der Waals surface area (Å²) in [6.45, 7) is 5.48. The van der Waals surface area contributed by atoms with Crippen molar-refractivity contribution in [1.82, 2.24) is 5.32 Å². The molecule has 3 rings (SSSR count). The number of rotatable bonds is 5. The molecule has 0 aliphatic heterocycles. The second-order valence-corrected chi connectivity index (χ2v) is 9.59. The minimum Gasteiger partial charge on any atom is -0.347 e. The fourth-order valence-electron chi connectivity index (χ4n) is 4.08. The van der Waals surface area contributed by atoms with Gasteiger partial charge in [0.2, 0.25) is 15.9 Å². The highest BCUT2D eigenvalue weighted by Crippen LogP contribution is 2.30. The van der Waals surface area contributed by atoms with E-state index in [2.05, 4.69) is 11.4 Å². The zero-order chi connectivity index (χ0) is 20.5. The fourth-order valence-corrected chi connectivity index (χ4v) is 5.24. The minimum atomic E-state index is -3.62. The predicted molar refractivity (Wildman–Crippen MR) is 113 cm³/mol. The van der Waals surface area contributed by atoms with Gasteiger partial charge in [0.25, 0.3) is 0 Å². The molecule has 0 bridgehead atoms. The highest BCUT2D eigenvalue weighted by atomic mass is 32.2. The van der Waals surface area contributed by atoms with Crippen LogP contribution >= 0.6 is 0 Å². The molecule has 2 aromatic rings. The monoisotopic (exact) mass is 400 g/mol. The topological polar surface area (TPSA) is 66.5 Å². The summed E-state index contributed by atoms with van der Waals surface area (Å²) in [5, 5.41) is 3.08. The molecule has 1 aliphatic rings. The average molecular weight is 401 g/mol. The van der Waals surface area contributed by atoms with E-state index in [-0.39, 0.29) is 11.9 Å². The van der Waals surface area contributed by atoms with Crippen LogP contribution in [0.2, 0.25) is 0 Å². The zero-order valence-electron chi connectivity index (χ0n) is 16.9. The molecule has 1 amide bonds. The lowest BCUT2D eigenvalue weighted by atomic mass is 9.87. The Kier molecular flexibility index (Phi) is 5.79. The van der Waals surface area contributed by atoms with Gasteiger partial charge < -0.3 is 5.32 Å². The third-order valence-electron chi connectivity index (χ3n) is 5.24. The first kappa shape index (κ1) is 20.4. The zero-order valence-corrected chi connectivity index (χ0v) is 17.7. The Balaban J connectivity index is 1.88. The summed E-state index contributed by atoms with van der Waals surface area (Å²) >= 11 is 0. The molecule has 6 heteroatoms. The summed E-state index contributed by atoms with van der Waals surface area (Å²) in [4.78, 5) is 13.0. The van der Waals surface area contributed by atoms with E-state index >= 15 is 0 Å².